The van der Waals surface area contributed by atoms with Crippen molar-refractivity contribution in [2.24, 2.45) is 5.73 Å². The van der Waals surface area contributed by atoms with Crippen molar-refractivity contribution < 1.29 is 13.9 Å². The van der Waals surface area contributed by atoms with Crippen molar-refractivity contribution in [2.75, 3.05) is 11.6 Å². The second-order valence-corrected chi connectivity index (χ2v) is 3.44. The van der Waals surface area contributed by atoms with E-state index in [1.54, 1.807) is 0 Å². The van der Waals surface area contributed by atoms with Crippen LogP contribution in [0.2, 0.25) is 0 Å². The summed E-state index contributed by atoms with van der Waals surface area (Å²) in [6.45, 7) is 1.41. The van der Waals surface area contributed by atoms with E-state index in [4.69, 9.17) is 17.6 Å². The van der Waals surface area contributed by atoms with Gasteiger partial charge in [-0.1, -0.05) is 0 Å². The highest BCUT2D eigenvalue weighted by Crippen LogP contribution is 2.01. The molecule has 0 aliphatic heterocycles. The third-order valence-corrected chi connectivity index (χ3v) is 2.19. The van der Waals surface area contributed by atoms with Gasteiger partial charge in [-0.05, 0) is 0 Å². The van der Waals surface area contributed by atoms with Gasteiger partial charge in [0.15, 0.2) is 0 Å². The Morgan fingerprint density at radius 3 is 2.77 bits per heavy atom. The lowest BCUT2D eigenvalue weighted by Gasteiger charge is -2.06. The summed E-state index contributed by atoms with van der Waals surface area (Å²) in [6, 6.07) is -0.753. The molecular weight excluding hydrogens is 216 g/mol. The predicted octanol–water partition coefficient (Wildman–Crippen LogP) is -0.163. The Bertz CT molecular complexity index is 191. The molecule has 0 unspecified atom stereocenters. The summed E-state index contributed by atoms with van der Waals surface area (Å²) in [7, 11) is 0. The minimum absolute atomic E-state index is 0.124. The number of rotatable bonds is 5. The van der Waals surface area contributed by atoms with Crippen molar-refractivity contribution in [1.82, 2.24) is 5.32 Å². The van der Waals surface area contributed by atoms with Crippen molar-refractivity contribution in [3.05, 3.63) is 0 Å². The predicted molar refractivity (Wildman–Crippen MR) is 51.1 cm³/mol. The van der Waals surface area contributed by atoms with Crippen LogP contribution in [-0.4, -0.2) is 29.5 Å². The van der Waals surface area contributed by atoms with E-state index >= 15 is 0 Å². The van der Waals surface area contributed by atoms with E-state index in [2.05, 4.69) is 9.61 Å². The maximum Gasteiger partial charge on any atom is 0.342 e. The second kappa shape index (κ2) is 6.99. The average molecular weight is 227 g/mol. The molecule has 0 heterocycles. The fraction of sp³-hybridized carbons (Fsp3) is 0.667. The van der Waals surface area contributed by atoms with Crippen molar-refractivity contribution in [3.8, 4) is 0 Å². The summed E-state index contributed by atoms with van der Waals surface area (Å²) in [5, 5.41) is 2.54. The van der Waals surface area contributed by atoms with E-state index in [0.717, 1.165) is 0 Å². The first-order chi connectivity index (χ1) is 6.07. The fourth-order valence-corrected chi connectivity index (χ4v) is 1.39. The summed E-state index contributed by atoms with van der Waals surface area (Å²) in [4.78, 5) is 21.1. The van der Waals surface area contributed by atoms with Gasteiger partial charge in [0.2, 0.25) is 5.91 Å². The lowest BCUT2D eigenvalue weighted by molar-refractivity contribution is -0.134. The van der Waals surface area contributed by atoms with Crippen molar-refractivity contribution in [1.29, 1.82) is 0 Å². The molecular formula is C6H11ClN2O3S. The number of hydrogen-bond donors (Lipinski definition) is 2. The molecule has 5 nitrogen and oxygen atoms in total. The normalized spacial score (nSPS) is 11.9. The van der Waals surface area contributed by atoms with E-state index in [1.807, 2.05) is 0 Å². The van der Waals surface area contributed by atoms with E-state index in [0.29, 0.717) is 11.6 Å². The minimum Gasteiger partial charge on any atom is -0.347 e. The van der Waals surface area contributed by atoms with Crippen LogP contribution >= 0.6 is 23.6 Å². The van der Waals surface area contributed by atoms with Gasteiger partial charge < -0.3 is 15.3 Å². The molecule has 3 N–H and O–H groups in total. The number of carbonyl (C=O) groups excluding carboxylic acids is 2. The van der Waals surface area contributed by atoms with Gasteiger partial charge in [-0.15, -0.1) is 11.8 Å². The lowest BCUT2D eigenvalue weighted by Crippen LogP contribution is -2.33. The van der Waals surface area contributed by atoms with Crippen LogP contribution in [0.3, 0.4) is 0 Å². The van der Waals surface area contributed by atoms with Crippen LogP contribution in [0.4, 0.5) is 0 Å². The number of halogens is 1. The molecule has 1 amide bonds. The monoisotopic (exact) mass is 226 g/mol. The first kappa shape index (κ1) is 12.5. The molecule has 76 valence electrons. The highest BCUT2D eigenvalue weighted by Gasteiger charge is 2.14. The third kappa shape index (κ3) is 6.68. The number of amides is 1. The first-order valence-corrected chi connectivity index (χ1v) is 4.94. The molecule has 0 rings (SSSR count). The van der Waals surface area contributed by atoms with Gasteiger partial charge in [0, 0.05) is 12.7 Å². The fourth-order valence-electron chi connectivity index (χ4n) is 0.464. The maximum absolute atomic E-state index is 10.7. The Morgan fingerprint density at radius 2 is 2.31 bits per heavy atom. The standard InChI is InChI=1S/C6H11ClN2O3S/c1-4(10)9-3-13-2-5(8)6(11)12-7/h5H,2-3,8H2,1H3,(H,9,10)/t5-/m0/s1. The molecule has 0 aliphatic carbocycles. The van der Waals surface area contributed by atoms with Crippen LogP contribution in [0.15, 0.2) is 0 Å². The SMILES string of the molecule is CC(=O)NCSC[C@H](N)C(=O)OCl. The minimum atomic E-state index is -0.753. The molecule has 0 fully saturated rings. The Balaban J connectivity index is 3.42. The molecule has 0 radical (unpaired) electrons. The average Bonchev–Trinajstić information content (AvgIpc) is 2.10. The molecule has 1 atom stereocenters. The van der Waals surface area contributed by atoms with Gasteiger partial charge in [0.25, 0.3) is 0 Å². The highest BCUT2D eigenvalue weighted by molar-refractivity contribution is 7.99. The quantitative estimate of drug-likeness (QED) is 0.503. The molecule has 7 heteroatoms. The molecule has 0 aromatic rings. The summed E-state index contributed by atoms with van der Waals surface area (Å²) >= 11 is 6.12. The second-order valence-electron chi connectivity index (χ2n) is 2.25. The highest BCUT2D eigenvalue weighted by atomic mass is 35.5. The molecule has 0 aromatic carbocycles. The third-order valence-electron chi connectivity index (χ3n) is 1.10. The molecule has 0 bridgehead atoms. The van der Waals surface area contributed by atoms with E-state index < -0.39 is 12.0 Å². The number of nitrogens with two attached hydrogens (primary N) is 1. The molecule has 0 aliphatic rings. The number of carbonyl (C=O) groups is 2. The Kier molecular flexibility index (Phi) is 6.75. The maximum atomic E-state index is 10.7. The van der Waals surface area contributed by atoms with Crippen LogP contribution < -0.4 is 11.1 Å². The zero-order chi connectivity index (χ0) is 10.3. The molecule has 0 spiro atoms. The number of nitrogens with one attached hydrogen (secondary N) is 1. The van der Waals surface area contributed by atoms with Gasteiger partial charge in [0.05, 0.1) is 5.88 Å². The van der Waals surface area contributed by atoms with Crippen LogP contribution in [0.5, 0.6) is 0 Å². The van der Waals surface area contributed by atoms with Crippen LogP contribution in [-0.2, 0) is 13.9 Å². The van der Waals surface area contributed by atoms with Gasteiger partial charge in [0.1, 0.15) is 17.9 Å². The summed E-state index contributed by atoms with van der Waals surface area (Å²) in [6.07, 6.45) is 0. The largest absolute Gasteiger partial charge is 0.347 e. The molecule has 0 saturated heterocycles. The van der Waals surface area contributed by atoms with Crippen molar-refractivity contribution in [3.63, 3.8) is 0 Å². The van der Waals surface area contributed by atoms with E-state index in [-0.39, 0.29) is 5.91 Å². The van der Waals surface area contributed by atoms with Crippen molar-refractivity contribution in [2.45, 2.75) is 13.0 Å². The van der Waals surface area contributed by atoms with E-state index in [1.165, 1.54) is 18.7 Å². The smallest absolute Gasteiger partial charge is 0.342 e. The van der Waals surface area contributed by atoms with Crippen molar-refractivity contribution >= 4 is 35.5 Å². The first-order valence-electron chi connectivity index (χ1n) is 3.48. The summed E-state index contributed by atoms with van der Waals surface area (Å²) in [5.41, 5.74) is 5.35. The Hall–Kier alpha value is -0.460. The Morgan fingerprint density at radius 1 is 1.69 bits per heavy atom. The molecule has 0 aromatic heterocycles. The summed E-state index contributed by atoms with van der Waals surface area (Å²) in [5.74, 6) is -0.0252. The van der Waals surface area contributed by atoms with Crippen LogP contribution in [0.1, 0.15) is 6.92 Å². The van der Waals surface area contributed by atoms with Gasteiger partial charge in [-0.25, -0.2) is 4.79 Å². The Labute approximate surface area is 85.5 Å². The zero-order valence-corrected chi connectivity index (χ0v) is 8.65. The molecule has 13 heavy (non-hydrogen) atoms. The van der Waals surface area contributed by atoms with Gasteiger partial charge in [-0.2, -0.15) is 0 Å². The van der Waals surface area contributed by atoms with Crippen LogP contribution in [0, 0.1) is 0 Å². The van der Waals surface area contributed by atoms with Crippen LogP contribution in [0.25, 0.3) is 0 Å². The molecule has 0 saturated carbocycles. The van der Waals surface area contributed by atoms with Gasteiger partial charge >= 0.3 is 5.97 Å². The number of hydrogen-bond acceptors (Lipinski definition) is 5. The zero-order valence-electron chi connectivity index (χ0n) is 7.08. The number of thioether (sulfide) groups is 1. The van der Waals surface area contributed by atoms with Gasteiger partial charge in [-0.3, -0.25) is 4.79 Å². The topological polar surface area (TPSA) is 81.4 Å². The summed E-state index contributed by atoms with van der Waals surface area (Å²) < 4.78 is 3.90. The van der Waals surface area contributed by atoms with E-state index in [9.17, 15) is 9.59 Å². The lowest BCUT2D eigenvalue weighted by atomic mass is 10.4.